The first-order valence-corrected chi connectivity index (χ1v) is 6.43. The SMILES string of the molecule is Cc1cccc(N=Nc2ccc3ccccc3c2)c1O. The highest BCUT2D eigenvalue weighted by Gasteiger charge is 2.02. The first-order chi connectivity index (χ1) is 9.74. The summed E-state index contributed by atoms with van der Waals surface area (Å²) >= 11 is 0. The van der Waals surface area contributed by atoms with E-state index in [0.717, 1.165) is 16.6 Å². The first-order valence-electron chi connectivity index (χ1n) is 6.43. The maximum atomic E-state index is 9.89. The van der Waals surface area contributed by atoms with Crippen LogP contribution in [0.15, 0.2) is 70.9 Å². The van der Waals surface area contributed by atoms with E-state index in [-0.39, 0.29) is 5.75 Å². The number of azo groups is 1. The molecule has 0 aliphatic heterocycles. The Morgan fingerprint density at radius 1 is 0.800 bits per heavy atom. The van der Waals surface area contributed by atoms with E-state index in [2.05, 4.69) is 16.3 Å². The second-order valence-corrected chi connectivity index (χ2v) is 4.67. The molecule has 3 aromatic carbocycles. The van der Waals surface area contributed by atoms with Gasteiger partial charge >= 0.3 is 0 Å². The molecule has 1 N–H and O–H groups in total. The molecule has 3 aromatic rings. The van der Waals surface area contributed by atoms with E-state index < -0.39 is 0 Å². The lowest BCUT2D eigenvalue weighted by Crippen LogP contribution is -1.74. The van der Waals surface area contributed by atoms with Crippen molar-refractivity contribution >= 4 is 22.1 Å². The highest BCUT2D eigenvalue weighted by molar-refractivity contribution is 5.85. The van der Waals surface area contributed by atoms with Crippen molar-refractivity contribution in [1.29, 1.82) is 0 Å². The predicted molar refractivity (Wildman–Crippen MR) is 81.0 cm³/mol. The fraction of sp³-hybridized carbons (Fsp3) is 0.0588. The fourth-order valence-electron chi connectivity index (χ4n) is 2.07. The standard InChI is InChI=1S/C17H14N2O/c1-12-5-4-8-16(17(12)20)19-18-15-10-9-13-6-2-3-7-14(13)11-15/h2-11,20H,1H3. The smallest absolute Gasteiger partial charge is 0.145 e. The van der Waals surface area contributed by atoms with Crippen molar-refractivity contribution < 1.29 is 5.11 Å². The summed E-state index contributed by atoms with van der Waals surface area (Å²) in [6.07, 6.45) is 0. The van der Waals surface area contributed by atoms with Gasteiger partial charge in [-0.3, -0.25) is 0 Å². The van der Waals surface area contributed by atoms with Crippen LogP contribution in [0, 0.1) is 6.92 Å². The van der Waals surface area contributed by atoms with Crippen LogP contribution in [0.4, 0.5) is 11.4 Å². The lowest BCUT2D eigenvalue weighted by Gasteiger charge is -2.01. The van der Waals surface area contributed by atoms with Crippen LogP contribution in [0.1, 0.15) is 5.56 Å². The third-order valence-electron chi connectivity index (χ3n) is 3.22. The van der Waals surface area contributed by atoms with E-state index in [0.29, 0.717) is 5.69 Å². The van der Waals surface area contributed by atoms with Crippen LogP contribution in [0.2, 0.25) is 0 Å². The molecule has 3 rings (SSSR count). The van der Waals surface area contributed by atoms with E-state index in [4.69, 9.17) is 0 Å². The summed E-state index contributed by atoms with van der Waals surface area (Å²) in [7, 11) is 0. The minimum absolute atomic E-state index is 0.178. The van der Waals surface area contributed by atoms with E-state index in [1.807, 2.05) is 55.5 Å². The summed E-state index contributed by atoms with van der Waals surface area (Å²) < 4.78 is 0. The van der Waals surface area contributed by atoms with Crippen LogP contribution >= 0.6 is 0 Å². The molecule has 0 spiro atoms. The molecule has 20 heavy (non-hydrogen) atoms. The molecule has 0 heterocycles. The Balaban J connectivity index is 1.96. The van der Waals surface area contributed by atoms with Gasteiger partial charge in [-0.05, 0) is 41.5 Å². The Bertz CT molecular complexity index is 794. The number of benzene rings is 3. The Morgan fingerprint density at radius 2 is 1.60 bits per heavy atom. The third-order valence-corrected chi connectivity index (χ3v) is 3.22. The van der Waals surface area contributed by atoms with Crippen LogP contribution < -0.4 is 0 Å². The number of hydrogen-bond donors (Lipinski definition) is 1. The van der Waals surface area contributed by atoms with Crippen LogP contribution in [0.25, 0.3) is 10.8 Å². The zero-order valence-corrected chi connectivity index (χ0v) is 11.1. The first kappa shape index (κ1) is 12.4. The average molecular weight is 262 g/mol. The summed E-state index contributed by atoms with van der Waals surface area (Å²) in [4.78, 5) is 0. The maximum Gasteiger partial charge on any atom is 0.145 e. The lowest BCUT2D eigenvalue weighted by molar-refractivity contribution is 0.472. The molecule has 98 valence electrons. The van der Waals surface area contributed by atoms with Gasteiger partial charge < -0.3 is 5.11 Å². The average Bonchev–Trinajstić information content (AvgIpc) is 2.48. The summed E-state index contributed by atoms with van der Waals surface area (Å²) in [5, 5.41) is 20.5. The number of hydrogen-bond acceptors (Lipinski definition) is 3. The number of nitrogens with zero attached hydrogens (tertiary/aromatic N) is 2. The molecular formula is C17H14N2O. The highest BCUT2D eigenvalue weighted by atomic mass is 16.3. The molecule has 0 atom stereocenters. The molecule has 0 saturated carbocycles. The molecule has 0 aromatic heterocycles. The molecule has 3 heteroatoms. The number of rotatable bonds is 2. The Labute approximate surface area is 117 Å². The topological polar surface area (TPSA) is 45.0 Å². The van der Waals surface area contributed by atoms with Gasteiger partial charge in [0.25, 0.3) is 0 Å². The van der Waals surface area contributed by atoms with Crippen LogP contribution in [0.3, 0.4) is 0 Å². The van der Waals surface area contributed by atoms with Crippen molar-refractivity contribution in [1.82, 2.24) is 0 Å². The van der Waals surface area contributed by atoms with Crippen LogP contribution in [-0.4, -0.2) is 5.11 Å². The number of para-hydroxylation sites is 1. The normalized spacial score (nSPS) is 11.2. The zero-order chi connectivity index (χ0) is 13.9. The lowest BCUT2D eigenvalue weighted by atomic mass is 10.1. The van der Waals surface area contributed by atoms with Gasteiger partial charge in [0, 0.05) is 0 Å². The number of aryl methyl sites for hydroxylation is 1. The largest absolute Gasteiger partial charge is 0.505 e. The van der Waals surface area contributed by atoms with Crippen molar-refractivity contribution in [3.05, 3.63) is 66.2 Å². The molecule has 0 fully saturated rings. The van der Waals surface area contributed by atoms with Gasteiger partial charge in [-0.2, -0.15) is 5.11 Å². The second kappa shape index (κ2) is 5.13. The molecule has 0 amide bonds. The summed E-state index contributed by atoms with van der Waals surface area (Å²) in [6, 6.07) is 19.4. The van der Waals surface area contributed by atoms with Crippen molar-refractivity contribution in [2.75, 3.05) is 0 Å². The zero-order valence-electron chi connectivity index (χ0n) is 11.1. The van der Waals surface area contributed by atoms with Crippen molar-refractivity contribution in [2.45, 2.75) is 6.92 Å². The molecule has 0 saturated heterocycles. The monoisotopic (exact) mass is 262 g/mol. The van der Waals surface area contributed by atoms with Gasteiger partial charge in [0.1, 0.15) is 11.4 Å². The molecule has 0 aliphatic rings. The molecular weight excluding hydrogens is 248 g/mol. The van der Waals surface area contributed by atoms with Crippen LogP contribution in [0.5, 0.6) is 5.75 Å². The van der Waals surface area contributed by atoms with Gasteiger partial charge in [0.15, 0.2) is 0 Å². The Morgan fingerprint density at radius 3 is 2.45 bits per heavy atom. The van der Waals surface area contributed by atoms with Crippen molar-refractivity contribution in [2.24, 2.45) is 10.2 Å². The predicted octanol–water partition coefficient (Wildman–Crippen LogP) is 5.27. The van der Waals surface area contributed by atoms with Gasteiger partial charge in [0.05, 0.1) is 5.69 Å². The van der Waals surface area contributed by atoms with Gasteiger partial charge in [0.2, 0.25) is 0 Å². The summed E-state index contributed by atoms with van der Waals surface area (Å²) in [5.41, 5.74) is 2.04. The number of aromatic hydroxyl groups is 1. The number of phenolic OH excluding ortho intramolecular Hbond substituents is 1. The summed E-state index contributed by atoms with van der Waals surface area (Å²) in [5.74, 6) is 0.178. The molecule has 0 unspecified atom stereocenters. The van der Waals surface area contributed by atoms with Gasteiger partial charge in [-0.25, -0.2) is 0 Å². The number of phenols is 1. The van der Waals surface area contributed by atoms with E-state index in [9.17, 15) is 5.11 Å². The quantitative estimate of drug-likeness (QED) is 0.628. The summed E-state index contributed by atoms with van der Waals surface area (Å²) in [6.45, 7) is 1.84. The van der Waals surface area contributed by atoms with Crippen molar-refractivity contribution in [3.63, 3.8) is 0 Å². The molecule has 0 aliphatic carbocycles. The minimum atomic E-state index is 0.178. The molecule has 0 radical (unpaired) electrons. The fourth-order valence-corrected chi connectivity index (χ4v) is 2.07. The van der Waals surface area contributed by atoms with Gasteiger partial charge in [-0.15, -0.1) is 5.11 Å². The van der Waals surface area contributed by atoms with E-state index in [1.165, 1.54) is 5.39 Å². The Hall–Kier alpha value is -2.68. The minimum Gasteiger partial charge on any atom is -0.505 e. The molecule has 0 bridgehead atoms. The van der Waals surface area contributed by atoms with E-state index in [1.54, 1.807) is 6.07 Å². The van der Waals surface area contributed by atoms with Gasteiger partial charge in [-0.1, -0.05) is 42.5 Å². The maximum absolute atomic E-state index is 9.89. The third kappa shape index (κ3) is 2.38. The van der Waals surface area contributed by atoms with Crippen molar-refractivity contribution in [3.8, 4) is 5.75 Å². The number of fused-ring (bicyclic) bond motifs is 1. The molecule has 3 nitrogen and oxygen atoms in total. The van der Waals surface area contributed by atoms with Crippen LogP contribution in [-0.2, 0) is 0 Å². The highest BCUT2D eigenvalue weighted by Crippen LogP contribution is 2.31. The van der Waals surface area contributed by atoms with E-state index >= 15 is 0 Å². The Kier molecular flexibility index (Phi) is 3.17. The second-order valence-electron chi connectivity index (χ2n) is 4.67.